The number of hydrogen-bond donors (Lipinski definition) is 1. The molecular weight excluding hydrogens is 294 g/mol. The van der Waals surface area contributed by atoms with Gasteiger partial charge in [-0.3, -0.25) is 4.98 Å². The molecule has 3 rings (SSSR count). The van der Waals surface area contributed by atoms with E-state index in [1.165, 1.54) is 11.8 Å². The minimum atomic E-state index is -1.07. The Kier molecular flexibility index (Phi) is 4.27. The maximum atomic E-state index is 11.2. The summed E-state index contributed by atoms with van der Waals surface area (Å²) in [4.78, 5) is 10.6. The highest BCUT2D eigenvalue weighted by molar-refractivity contribution is 8.14. The summed E-state index contributed by atoms with van der Waals surface area (Å²) in [5.74, 6) is 0.532. The minimum absolute atomic E-state index is 0.525. The van der Waals surface area contributed by atoms with E-state index < -0.39 is 5.72 Å². The van der Waals surface area contributed by atoms with Crippen LogP contribution in [0.2, 0.25) is 0 Å². The van der Waals surface area contributed by atoms with Crippen LogP contribution in [0.4, 0.5) is 5.69 Å². The number of aliphatic imine (C=N–C) groups is 1. The number of amidine groups is 1. The molecule has 0 unspecified atom stereocenters. The zero-order valence-electron chi connectivity index (χ0n) is 12.1. The topological polar surface area (TPSA) is 48.7 Å². The number of rotatable bonds is 4. The highest BCUT2D eigenvalue weighted by Crippen LogP contribution is 2.39. The van der Waals surface area contributed by atoms with Gasteiger partial charge in [0.15, 0.2) is 10.9 Å². The molecule has 0 saturated carbocycles. The lowest BCUT2D eigenvalue weighted by molar-refractivity contribution is -0.0422. The Balaban J connectivity index is 1.98. The van der Waals surface area contributed by atoms with Gasteiger partial charge in [-0.05, 0) is 12.1 Å². The van der Waals surface area contributed by atoms with Gasteiger partial charge in [-0.1, -0.05) is 48.2 Å². The monoisotopic (exact) mass is 311 g/mol. The third-order valence-electron chi connectivity index (χ3n) is 3.50. The zero-order valence-corrected chi connectivity index (χ0v) is 12.9. The van der Waals surface area contributed by atoms with Crippen LogP contribution in [0.1, 0.15) is 5.56 Å². The Labute approximate surface area is 134 Å². The van der Waals surface area contributed by atoms with Gasteiger partial charge in [0.1, 0.15) is 0 Å². The van der Waals surface area contributed by atoms with Crippen LogP contribution in [0.15, 0.2) is 72.5 Å². The van der Waals surface area contributed by atoms with Crippen molar-refractivity contribution in [2.45, 2.75) is 5.72 Å². The third kappa shape index (κ3) is 2.77. The van der Waals surface area contributed by atoms with Gasteiger partial charge in [-0.2, -0.15) is 0 Å². The molecule has 0 spiro atoms. The Morgan fingerprint density at radius 1 is 1.32 bits per heavy atom. The Bertz CT molecular complexity index is 675. The molecule has 0 radical (unpaired) electrons. The third-order valence-corrected chi connectivity index (χ3v) is 4.62. The molecule has 5 heteroatoms. The molecule has 2 aromatic rings. The fourth-order valence-electron chi connectivity index (χ4n) is 2.40. The number of thioether (sulfide) groups is 1. The lowest BCUT2D eigenvalue weighted by atomic mass is 10.0. The number of hydrogen-bond acceptors (Lipinski definition) is 4. The van der Waals surface area contributed by atoms with Crippen molar-refractivity contribution in [3.8, 4) is 0 Å². The van der Waals surface area contributed by atoms with E-state index in [9.17, 15) is 5.11 Å². The van der Waals surface area contributed by atoms with Crippen molar-refractivity contribution in [2.75, 3.05) is 12.3 Å². The standard InChI is InChI=1S/C17H17N3OS/c1-2-11-20-16(19-15-9-6-10-18-12-15)22-13-17(20,21)14-7-4-3-5-8-14/h2-10,12,21H,1,11,13H2/t17-/m0/s1. The van der Waals surface area contributed by atoms with E-state index in [-0.39, 0.29) is 0 Å². The SMILES string of the molecule is C=CCN1C(=Nc2cccnc2)SC[C@]1(O)c1ccccc1. The van der Waals surface area contributed by atoms with Crippen molar-refractivity contribution in [1.29, 1.82) is 0 Å². The maximum Gasteiger partial charge on any atom is 0.175 e. The summed E-state index contributed by atoms with van der Waals surface area (Å²) in [7, 11) is 0. The Morgan fingerprint density at radius 2 is 2.14 bits per heavy atom. The highest BCUT2D eigenvalue weighted by Gasteiger charge is 2.44. The van der Waals surface area contributed by atoms with Gasteiger partial charge >= 0.3 is 0 Å². The van der Waals surface area contributed by atoms with Crippen molar-refractivity contribution in [3.63, 3.8) is 0 Å². The molecule has 0 bridgehead atoms. The smallest absolute Gasteiger partial charge is 0.175 e. The van der Waals surface area contributed by atoms with E-state index in [0.717, 1.165) is 16.4 Å². The maximum absolute atomic E-state index is 11.2. The Hall–Kier alpha value is -2.11. The predicted molar refractivity (Wildman–Crippen MR) is 91.0 cm³/mol. The average Bonchev–Trinajstić information content (AvgIpc) is 2.88. The second kappa shape index (κ2) is 6.34. The molecule has 1 saturated heterocycles. The molecule has 1 aromatic heterocycles. The van der Waals surface area contributed by atoms with Gasteiger partial charge < -0.3 is 10.0 Å². The summed E-state index contributed by atoms with van der Waals surface area (Å²) in [6.45, 7) is 4.32. The lowest BCUT2D eigenvalue weighted by Gasteiger charge is -2.33. The summed E-state index contributed by atoms with van der Waals surface area (Å²) in [5, 5.41) is 11.9. The molecule has 1 fully saturated rings. The molecule has 1 aliphatic heterocycles. The number of benzene rings is 1. The van der Waals surface area contributed by atoms with Crippen LogP contribution in [0.5, 0.6) is 0 Å². The van der Waals surface area contributed by atoms with Gasteiger partial charge in [0.2, 0.25) is 0 Å². The van der Waals surface area contributed by atoms with Gasteiger partial charge in [-0.15, -0.1) is 6.58 Å². The second-order valence-electron chi connectivity index (χ2n) is 4.98. The summed E-state index contributed by atoms with van der Waals surface area (Å²) in [5.41, 5.74) is 0.568. The number of nitrogens with zero attached hydrogens (tertiary/aromatic N) is 3. The average molecular weight is 311 g/mol. The van der Waals surface area contributed by atoms with Crippen molar-refractivity contribution < 1.29 is 5.11 Å². The molecule has 112 valence electrons. The molecule has 2 heterocycles. The van der Waals surface area contributed by atoms with Gasteiger partial charge in [-0.25, -0.2) is 4.99 Å². The largest absolute Gasteiger partial charge is 0.366 e. The quantitative estimate of drug-likeness (QED) is 0.881. The number of pyridine rings is 1. The summed E-state index contributed by atoms with van der Waals surface area (Å²) < 4.78 is 0. The number of aromatic nitrogens is 1. The van der Waals surface area contributed by atoms with Gasteiger partial charge in [0.25, 0.3) is 0 Å². The molecule has 1 aliphatic rings. The first-order chi connectivity index (χ1) is 10.7. The van der Waals surface area contributed by atoms with E-state index in [0.29, 0.717) is 12.3 Å². The van der Waals surface area contributed by atoms with E-state index >= 15 is 0 Å². The summed E-state index contributed by atoms with van der Waals surface area (Å²) in [6, 6.07) is 13.4. The fraction of sp³-hybridized carbons (Fsp3) is 0.176. The second-order valence-corrected chi connectivity index (χ2v) is 5.92. The summed E-state index contributed by atoms with van der Waals surface area (Å²) in [6.07, 6.45) is 5.20. The molecule has 1 aromatic carbocycles. The van der Waals surface area contributed by atoms with E-state index in [1.807, 2.05) is 47.4 Å². The molecule has 4 nitrogen and oxygen atoms in total. The van der Waals surface area contributed by atoms with Crippen LogP contribution in [0.25, 0.3) is 0 Å². The normalized spacial score (nSPS) is 23.0. The molecule has 0 aliphatic carbocycles. The first-order valence-electron chi connectivity index (χ1n) is 7.02. The summed E-state index contributed by atoms with van der Waals surface area (Å²) >= 11 is 1.54. The van der Waals surface area contributed by atoms with Crippen LogP contribution >= 0.6 is 11.8 Å². The van der Waals surface area contributed by atoms with E-state index in [2.05, 4.69) is 16.6 Å². The molecule has 22 heavy (non-hydrogen) atoms. The first kappa shape index (κ1) is 14.8. The molecular formula is C17H17N3OS. The van der Waals surface area contributed by atoms with Crippen molar-refractivity contribution in [3.05, 3.63) is 73.1 Å². The van der Waals surface area contributed by atoms with Crippen LogP contribution in [-0.4, -0.2) is 32.5 Å². The van der Waals surface area contributed by atoms with E-state index in [1.54, 1.807) is 18.5 Å². The van der Waals surface area contributed by atoms with Crippen molar-refractivity contribution in [2.24, 2.45) is 4.99 Å². The zero-order chi connectivity index (χ0) is 15.4. The van der Waals surface area contributed by atoms with Crippen molar-refractivity contribution >= 4 is 22.6 Å². The van der Waals surface area contributed by atoms with Crippen molar-refractivity contribution in [1.82, 2.24) is 9.88 Å². The molecule has 1 N–H and O–H groups in total. The minimum Gasteiger partial charge on any atom is -0.366 e. The highest BCUT2D eigenvalue weighted by atomic mass is 32.2. The fourth-order valence-corrected chi connectivity index (χ4v) is 3.61. The predicted octanol–water partition coefficient (Wildman–Crippen LogP) is 3.15. The van der Waals surface area contributed by atoms with Crippen LogP contribution in [-0.2, 0) is 5.72 Å². The molecule has 1 atom stereocenters. The van der Waals surface area contributed by atoms with Crippen LogP contribution in [0, 0.1) is 0 Å². The van der Waals surface area contributed by atoms with Crippen LogP contribution in [0.3, 0.4) is 0 Å². The van der Waals surface area contributed by atoms with Crippen LogP contribution < -0.4 is 0 Å². The first-order valence-corrected chi connectivity index (χ1v) is 8.00. The van der Waals surface area contributed by atoms with Gasteiger partial charge in [0.05, 0.1) is 17.6 Å². The van der Waals surface area contributed by atoms with Gasteiger partial charge in [0, 0.05) is 18.3 Å². The lowest BCUT2D eigenvalue weighted by Crippen LogP contribution is -2.44. The number of aliphatic hydroxyl groups is 1. The molecule has 0 amide bonds. The Morgan fingerprint density at radius 3 is 2.82 bits per heavy atom. The van der Waals surface area contributed by atoms with E-state index in [4.69, 9.17) is 0 Å².